The number of hydrogen-bond donors (Lipinski definition) is 1. The van der Waals surface area contributed by atoms with Crippen LogP contribution >= 0.6 is 22.9 Å². The Morgan fingerprint density at radius 2 is 2.05 bits per heavy atom. The first kappa shape index (κ1) is 14.4. The van der Waals surface area contributed by atoms with E-state index in [1.165, 1.54) is 11.3 Å². The summed E-state index contributed by atoms with van der Waals surface area (Å²) in [5, 5.41) is 12.3. The fraction of sp³-hybridized carbons (Fsp3) is 0.571. The highest BCUT2D eigenvalue weighted by molar-refractivity contribution is 7.16. The summed E-state index contributed by atoms with van der Waals surface area (Å²) in [4.78, 5) is 13.3. The van der Waals surface area contributed by atoms with Gasteiger partial charge in [0.25, 0.3) is 0 Å². The summed E-state index contributed by atoms with van der Waals surface area (Å²) in [6.07, 6.45) is 5.53. The minimum Gasteiger partial charge on any atom is -0.350 e. The third kappa shape index (κ3) is 3.49. The summed E-state index contributed by atoms with van der Waals surface area (Å²) in [7, 11) is 0. The van der Waals surface area contributed by atoms with E-state index in [9.17, 15) is 10.1 Å². The molecular formula is C14H17ClN2OS. The van der Waals surface area contributed by atoms with E-state index in [4.69, 9.17) is 11.6 Å². The van der Waals surface area contributed by atoms with Gasteiger partial charge in [-0.05, 0) is 25.0 Å². The first-order chi connectivity index (χ1) is 9.16. The van der Waals surface area contributed by atoms with Gasteiger partial charge >= 0.3 is 0 Å². The topological polar surface area (TPSA) is 52.9 Å². The normalized spacial score (nSPS) is 18.3. The molecule has 0 atom stereocenters. The maximum atomic E-state index is 12.3. The van der Waals surface area contributed by atoms with Crippen LogP contribution in [-0.2, 0) is 11.3 Å². The van der Waals surface area contributed by atoms with Gasteiger partial charge < -0.3 is 5.32 Å². The highest BCUT2D eigenvalue weighted by atomic mass is 35.5. The number of nitrogens with one attached hydrogen (secondary N) is 1. The molecule has 0 aliphatic heterocycles. The molecule has 5 heteroatoms. The lowest BCUT2D eigenvalue weighted by Crippen LogP contribution is -2.39. The van der Waals surface area contributed by atoms with E-state index >= 15 is 0 Å². The second-order valence-electron chi connectivity index (χ2n) is 5.00. The molecule has 0 bridgehead atoms. The Hall–Kier alpha value is -1.05. The van der Waals surface area contributed by atoms with Gasteiger partial charge in [-0.3, -0.25) is 4.79 Å². The van der Waals surface area contributed by atoms with Crippen molar-refractivity contribution in [2.24, 2.45) is 5.41 Å². The summed E-state index contributed by atoms with van der Waals surface area (Å²) in [6.45, 7) is 0.458. The highest BCUT2D eigenvalue weighted by Crippen LogP contribution is 2.34. The lowest BCUT2D eigenvalue weighted by Gasteiger charge is -2.23. The Balaban J connectivity index is 1.98. The highest BCUT2D eigenvalue weighted by Gasteiger charge is 2.38. The van der Waals surface area contributed by atoms with E-state index in [2.05, 4.69) is 11.4 Å². The van der Waals surface area contributed by atoms with Gasteiger partial charge in [0, 0.05) is 4.88 Å². The number of carbonyl (C=O) groups is 1. The Morgan fingerprint density at radius 1 is 1.37 bits per heavy atom. The fourth-order valence-electron chi connectivity index (χ4n) is 2.51. The molecule has 1 aliphatic rings. The van der Waals surface area contributed by atoms with Crippen LogP contribution in [0.4, 0.5) is 0 Å². The number of halogens is 1. The SMILES string of the molecule is N#CC1(C(=O)NCc2ccc(Cl)s2)CCCCCC1. The zero-order valence-electron chi connectivity index (χ0n) is 10.7. The third-order valence-electron chi connectivity index (χ3n) is 3.66. The Kier molecular flexibility index (Phi) is 4.84. The predicted molar refractivity (Wildman–Crippen MR) is 76.9 cm³/mol. The van der Waals surface area contributed by atoms with E-state index in [-0.39, 0.29) is 5.91 Å². The van der Waals surface area contributed by atoms with E-state index in [0.29, 0.717) is 23.7 Å². The van der Waals surface area contributed by atoms with Crippen molar-refractivity contribution < 1.29 is 4.79 Å². The third-order valence-corrected chi connectivity index (χ3v) is 4.89. The number of thiophene rings is 1. The van der Waals surface area contributed by atoms with Crippen LogP contribution in [0.5, 0.6) is 0 Å². The number of nitrogens with zero attached hydrogens (tertiary/aromatic N) is 1. The molecule has 0 aromatic carbocycles. The van der Waals surface area contributed by atoms with Crippen LogP contribution in [0.15, 0.2) is 12.1 Å². The molecule has 1 aliphatic carbocycles. The van der Waals surface area contributed by atoms with Gasteiger partial charge in [0.15, 0.2) is 0 Å². The average molecular weight is 297 g/mol. The van der Waals surface area contributed by atoms with Crippen LogP contribution in [0.2, 0.25) is 4.34 Å². The summed E-state index contributed by atoms with van der Waals surface area (Å²) >= 11 is 7.31. The van der Waals surface area contributed by atoms with Crippen LogP contribution in [0.25, 0.3) is 0 Å². The zero-order chi connectivity index (χ0) is 13.7. The Morgan fingerprint density at radius 3 is 2.58 bits per heavy atom. The summed E-state index contributed by atoms with van der Waals surface area (Å²) in [5.41, 5.74) is -0.822. The first-order valence-electron chi connectivity index (χ1n) is 6.60. The molecule has 102 valence electrons. The standard InChI is InChI=1S/C14H17ClN2OS/c15-12-6-5-11(19-12)9-17-13(18)14(10-16)7-3-1-2-4-8-14/h5-6H,1-4,7-9H2,(H,17,18). The maximum Gasteiger partial charge on any atom is 0.240 e. The predicted octanol–water partition coefficient (Wildman–Crippen LogP) is 3.88. The zero-order valence-corrected chi connectivity index (χ0v) is 12.3. The van der Waals surface area contributed by atoms with Crippen molar-refractivity contribution in [2.45, 2.75) is 45.1 Å². The van der Waals surface area contributed by atoms with Crippen molar-refractivity contribution in [3.8, 4) is 6.07 Å². The van der Waals surface area contributed by atoms with Gasteiger partial charge in [0.1, 0.15) is 5.41 Å². The molecule has 1 fully saturated rings. The monoisotopic (exact) mass is 296 g/mol. The molecule has 0 unspecified atom stereocenters. The molecule has 0 spiro atoms. The van der Waals surface area contributed by atoms with Crippen molar-refractivity contribution in [1.29, 1.82) is 5.26 Å². The smallest absolute Gasteiger partial charge is 0.240 e. The Bertz CT molecular complexity index is 484. The molecule has 3 nitrogen and oxygen atoms in total. The molecule has 1 aromatic rings. The van der Waals surface area contributed by atoms with Gasteiger partial charge in [0.2, 0.25) is 5.91 Å². The van der Waals surface area contributed by atoms with E-state index < -0.39 is 5.41 Å². The van der Waals surface area contributed by atoms with Gasteiger partial charge in [-0.15, -0.1) is 11.3 Å². The average Bonchev–Trinajstić information content (AvgIpc) is 2.69. The largest absolute Gasteiger partial charge is 0.350 e. The molecule has 1 aromatic heterocycles. The summed E-state index contributed by atoms with van der Waals surface area (Å²) in [5.74, 6) is -0.124. The van der Waals surface area contributed by atoms with Crippen LogP contribution in [0.3, 0.4) is 0 Å². The second kappa shape index (κ2) is 6.40. The fourth-order valence-corrected chi connectivity index (χ4v) is 3.53. The summed E-state index contributed by atoms with van der Waals surface area (Å²) in [6, 6.07) is 5.99. The van der Waals surface area contributed by atoms with Crippen LogP contribution < -0.4 is 5.32 Å². The minimum absolute atomic E-state index is 0.124. The summed E-state index contributed by atoms with van der Waals surface area (Å²) < 4.78 is 0.716. The lowest BCUT2D eigenvalue weighted by molar-refractivity contribution is -0.128. The van der Waals surface area contributed by atoms with Crippen LogP contribution in [0, 0.1) is 16.7 Å². The van der Waals surface area contributed by atoms with Crippen molar-refractivity contribution in [3.05, 3.63) is 21.3 Å². The number of amides is 1. The lowest BCUT2D eigenvalue weighted by atomic mass is 9.81. The molecule has 1 amide bonds. The maximum absolute atomic E-state index is 12.3. The molecule has 0 saturated heterocycles. The first-order valence-corrected chi connectivity index (χ1v) is 7.79. The van der Waals surface area contributed by atoms with Crippen molar-refractivity contribution in [3.63, 3.8) is 0 Å². The van der Waals surface area contributed by atoms with E-state index in [1.54, 1.807) is 0 Å². The van der Waals surface area contributed by atoms with Gasteiger partial charge in [-0.25, -0.2) is 0 Å². The quantitative estimate of drug-likeness (QED) is 0.861. The van der Waals surface area contributed by atoms with Crippen LogP contribution in [-0.4, -0.2) is 5.91 Å². The molecule has 2 rings (SSSR count). The molecular weight excluding hydrogens is 280 g/mol. The van der Waals surface area contributed by atoms with Crippen LogP contribution in [0.1, 0.15) is 43.4 Å². The second-order valence-corrected chi connectivity index (χ2v) is 6.80. The molecule has 0 radical (unpaired) electrons. The Labute approximate surface area is 122 Å². The van der Waals surface area contributed by atoms with Crippen molar-refractivity contribution >= 4 is 28.8 Å². The van der Waals surface area contributed by atoms with E-state index in [0.717, 1.165) is 30.6 Å². The molecule has 1 N–H and O–H groups in total. The van der Waals surface area contributed by atoms with Crippen molar-refractivity contribution in [1.82, 2.24) is 5.32 Å². The van der Waals surface area contributed by atoms with Gasteiger partial charge in [-0.2, -0.15) is 5.26 Å². The molecule has 1 saturated carbocycles. The van der Waals surface area contributed by atoms with Gasteiger partial charge in [0.05, 0.1) is 17.0 Å². The van der Waals surface area contributed by atoms with Gasteiger partial charge in [-0.1, -0.05) is 37.3 Å². The number of nitriles is 1. The number of hydrogen-bond acceptors (Lipinski definition) is 3. The number of rotatable bonds is 3. The van der Waals surface area contributed by atoms with E-state index in [1.807, 2.05) is 12.1 Å². The van der Waals surface area contributed by atoms with Crippen molar-refractivity contribution in [2.75, 3.05) is 0 Å². The minimum atomic E-state index is -0.822. The molecule has 19 heavy (non-hydrogen) atoms. The number of carbonyl (C=O) groups excluding carboxylic acids is 1. The molecule has 1 heterocycles.